The van der Waals surface area contributed by atoms with E-state index in [1.807, 2.05) is 37.8 Å². The molecule has 1 N–H and O–H groups in total. The highest BCUT2D eigenvalue weighted by Gasteiger charge is 2.18. The number of hydrogen-bond acceptors (Lipinski definition) is 7. The molecule has 9 heteroatoms. The first kappa shape index (κ1) is 25.3. The van der Waals surface area contributed by atoms with Crippen LogP contribution in [-0.4, -0.2) is 70.6 Å². The second-order valence-electron chi connectivity index (χ2n) is 9.76. The van der Waals surface area contributed by atoms with Gasteiger partial charge in [0.2, 0.25) is 5.95 Å². The predicted octanol–water partition coefficient (Wildman–Crippen LogP) is 4.79. The summed E-state index contributed by atoms with van der Waals surface area (Å²) in [5.74, 6) is 1.22. The van der Waals surface area contributed by atoms with Gasteiger partial charge >= 0.3 is 0 Å². The zero-order valence-corrected chi connectivity index (χ0v) is 22.8. The van der Waals surface area contributed by atoms with E-state index >= 15 is 0 Å². The molecule has 3 heterocycles. The number of para-hydroxylation sites is 1. The monoisotopic (exact) mass is 510 g/mol. The predicted molar refractivity (Wildman–Crippen MR) is 154 cm³/mol. The van der Waals surface area contributed by atoms with Crippen molar-refractivity contribution >= 4 is 28.2 Å². The molecule has 0 bridgehead atoms. The minimum Gasteiger partial charge on any atom is -0.494 e. The average molecular weight is 511 g/mol. The Balaban J connectivity index is 1.54. The molecule has 5 rings (SSSR count). The maximum atomic E-state index is 5.74. The number of rotatable bonds is 9. The summed E-state index contributed by atoms with van der Waals surface area (Å²) in [6.07, 6.45) is 7.80. The zero-order chi connectivity index (χ0) is 26.8. The van der Waals surface area contributed by atoms with Gasteiger partial charge in [0.25, 0.3) is 0 Å². The van der Waals surface area contributed by atoms with Crippen LogP contribution in [0.25, 0.3) is 33.3 Å². The van der Waals surface area contributed by atoms with Crippen LogP contribution in [0.5, 0.6) is 5.75 Å². The van der Waals surface area contributed by atoms with E-state index < -0.39 is 0 Å². The van der Waals surface area contributed by atoms with Gasteiger partial charge in [-0.2, -0.15) is 5.10 Å². The minimum atomic E-state index is 0.493. The van der Waals surface area contributed by atoms with E-state index in [-0.39, 0.29) is 0 Å². The summed E-state index contributed by atoms with van der Waals surface area (Å²) in [5.41, 5.74) is 6.79. The van der Waals surface area contributed by atoms with Crippen LogP contribution in [0.4, 0.5) is 17.3 Å². The van der Waals surface area contributed by atoms with E-state index in [4.69, 9.17) is 9.72 Å². The van der Waals surface area contributed by atoms with E-state index in [9.17, 15) is 0 Å². The lowest BCUT2D eigenvalue weighted by atomic mass is 10.0. The second kappa shape index (κ2) is 10.5. The molecule has 38 heavy (non-hydrogen) atoms. The highest BCUT2D eigenvalue weighted by molar-refractivity contribution is 5.98. The molecule has 0 saturated carbocycles. The van der Waals surface area contributed by atoms with Crippen molar-refractivity contribution in [2.24, 2.45) is 14.1 Å². The molecule has 0 saturated heterocycles. The number of hydrogen-bond donors (Lipinski definition) is 1. The maximum absolute atomic E-state index is 5.74. The van der Waals surface area contributed by atoms with Crippen LogP contribution in [0.2, 0.25) is 0 Å². The lowest BCUT2D eigenvalue weighted by Gasteiger charge is -2.23. The Bertz CT molecular complexity index is 1570. The molecule has 0 spiro atoms. The van der Waals surface area contributed by atoms with Crippen molar-refractivity contribution in [3.63, 3.8) is 0 Å². The Morgan fingerprint density at radius 2 is 1.76 bits per heavy atom. The Labute approximate surface area is 223 Å². The number of benzene rings is 2. The highest BCUT2D eigenvalue weighted by atomic mass is 16.5. The van der Waals surface area contributed by atoms with Gasteiger partial charge in [0.1, 0.15) is 5.75 Å². The van der Waals surface area contributed by atoms with Crippen molar-refractivity contribution in [3.8, 4) is 28.1 Å². The summed E-state index contributed by atoms with van der Waals surface area (Å²) >= 11 is 0. The summed E-state index contributed by atoms with van der Waals surface area (Å²) in [5, 5.41) is 8.89. The number of methoxy groups -OCH3 is 1. The fourth-order valence-corrected chi connectivity index (χ4v) is 4.57. The van der Waals surface area contributed by atoms with Crippen LogP contribution in [0.3, 0.4) is 0 Å². The molecule has 9 nitrogen and oxygen atoms in total. The van der Waals surface area contributed by atoms with E-state index in [1.54, 1.807) is 11.8 Å². The Kier molecular flexibility index (Phi) is 7.02. The van der Waals surface area contributed by atoms with Gasteiger partial charge < -0.3 is 24.4 Å². The summed E-state index contributed by atoms with van der Waals surface area (Å²) in [4.78, 5) is 14.1. The lowest BCUT2D eigenvalue weighted by molar-refractivity contribution is 0.413. The van der Waals surface area contributed by atoms with Gasteiger partial charge in [-0.1, -0.05) is 18.2 Å². The number of aryl methyl sites for hydroxylation is 2. The van der Waals surface area contributed by atoms with Gasteiger partial charge in [0, 0.05) is 92.2 Å². The van der Waals surface area contributed by atoms with Crippen molar-refractivity contribution in [2.45, 2.75) is 0 Å². The summed E-state index contributed by atoms with van der Waals surface area (Å²) < 4.78 is 9.65. The molecular weight excluding hydrogens is 476 g/mol. The van der Waals surface area contributed by atoms with Crippen LogP contribution >= 0.6 is 0 Å². The molecule has 0 amide bonds. The van der Waals surface area contributed by atoms with Crippen LogP contribution < -0.4 is 15.0 Å². The first-order valence-corrected chi connectivity index (χ1v) is 12.6. The van der Waals surface area contributed by atoms with Crippen molar-refractivity contribution in [1.82, 2.24) is 29.2 Å². The van der Waals surface area contributed by atoms with Gasteiger partial charge in [-0.3, -0.25) is 4.68 Å². The molecule has 0 fully saturated rings. The highest BCUT2D eigenvalue weighted by Crippen LogP contribution is 2.37. The van der Waals surface area contributed by atoms with Crippen molar-refractivity contribution in [3.05, 3.63) is 67.3 Å². The largest absolute Gasteiger partial charge is 0.494 e. The molecule has 3 aromatic heterocycles. The molecule has 0 radical (unpaired) electrons. The standard InChI is InChI=1S/C29H34N8O/c1-34(2)13-14-35(3)21-11-12-25(27(15-21)38-6)32-29-30-17-23(20-16-31-37(5)18-20)28(33-29)24-19-36(4)26-10-8-7-9-22(24)26/h7-12,15-19H,13-14H2,1-6H3,(H,30,32,33). The number of ether oxygens (including phenoxy) is 1. The van der Waals surface area contributed by atoms with Crippen LogP contribution in [0.15, 0.2) is 67.3 Å². The molecular formula is C29H34N8O. The molecule has 2 aromatic carbocycles. The fourth-order valence-electron chi connectivity index (χ4n) is 4.57. The third-order valence-corrected chi connectivity index (χ3v) is 6.71. The van der Waals surface area contributed by atoms with Crippen molar-refractivity contribution in [2.75, 3.05) is 51.6 Å². The number of likely N-dealkylation sites (N-methyl/N-ethyl adjacent to an activating group) is 2. The summed E-state index contributed by atoms with van der Waals surface area (Å²) in [6.45, 7) is 1.88. The summed E-state index contributed by atoms with van der Waals surface area (Å²) in [7, 11) is 11.9. The first-order valence-electron chi connectivity index (χ1n) is 12.6. The number of nitrogens with zero attached hydrogens (tertiary/aromatic N) is 7. The number of nitrogens with one attached hydrogen (secondary N) is 1. The van der Waals surface area contributed by atoms with Gasteiger partial charge in [0.15, 0.2) is 0 Å². The number of aromatic nitrogens is 5. The fraction of sp³-hybridized carbons (Fsp3) is 0.276. The Hall–Kier alpha value is -4.37. The molecule has 0 unspecified atom stereocenters. The molecule has 0 aliphatic carbocycles. The quantitative estimate of drug-likeness (QED) is 0.306. The van der Waals surface area contributed by atoms with E-state index in [2.05, 4.69) is 94.5 Å². The zero-order valence-electron chi connectivity index (χ0n) is 22.8. The molecule has 0 atom stereocenters. The third kappa shape index (κ3) is 5.05. The van der Waals surface area contributed by atoms with Gasteiger partial charge in [0.05, 0.1) is 24.7 Å². The van der Waals surface area contributed by atoms with E-state index in [0.717, 1.165) is 63.5 Å². The SMILES string of the molecule is COc1cc(N(C)CCN(C)C)ccc1Nc1ncc(-c2cnn(C)c2)c(-c2cn(C)c3ccccc23)n1. The topological polar surface area (TPSA) is 76.3 Å². The number of fused-ring (bicyclic) bond motifs is 1. The smallest absolute Gasteiger partial charge is 0.227 e. The van der Waals surface area contributed by atoms with E-state index in [0.29, 0.717) is 5.95 Å². The normalized spacial score (nSPS) is 11.3. The Morgan fingerprint density at radius 3 is 2.50 bits per heavy atom. The second-order valence-corrected chi connectivity index (χ2v) is 9.76. The average Bonchev–Trinajstić information content (AvgIpc) is 3.50. The Morgan fingerprint density at radius 1 is 0.947 bits per heavy atom. The van der Waals surface area contributed by atoms with Gasteiger partial charge in [-0.05, 0) is 32.3 Å². The maximum Gasteiger partial charge on any atom is 0.227 e. The molecule has 0 aliphatic heterocycles. The summed E-state index contributed by atoms with van der Waals surface area (Å²) in [6, 6.07) is 14.5. The van der Waals surface area contributed by atoms with Crippen molar-refractivity contribution in [1.29, 1.82) is 0 Å². The molecule has 0 aliphatic rings. The third-order valence-electron chi connectivity index (χ3n) is 6.71. The number of anilines is 3. The van der Waals surface area contributed by atoms with Crippen LogP contribution in [-0.2, 0) is 14.1 Å². The van der Waals surface area contributed by atoms with Gasteiger partial charge in [-0.25, -0.2) is 9.97 Å². The lowest BCUT2D eigenvalue weighted by Crippen LogP contribution is -2.28. The molecule has 5 aromatic rings. The van der Waals surface area contributed by atoms with E-state index in [1.165, 1.54) is 0 Å². The van der Waals surface area contributed by atoms with Crippen molar-refractivity contribution < 1.29 is 4.74 Å². The first-order chi connectivity index (χ1) is 18.3. The van der Waals surface area contributed by atoms with Crippen LogP contribution in [0.1, 0.15) is 0 Å². The molecule has 196 valence electrons. The van der Waals surface area contributed by atoms with Crippen LogP contribution in [0, 0.1) is 0 Å². The minimum absolute atomic E-state index is 0.493. The van der Waals surface area contributed by atoms with Gasteiger partial charge in [-0.15, -0.1) is 0 Å².